The number of nitrogens with zero attached hydrogens (tertiary/aromatic N) is 4. The van der Waals surface area contributed by atoms with Crippen LogP contribution in [0, 0.1) is 11.3 Å². The highest BCUT2D eigenvalue weighted by atomic mass is 16.6. The third-order valence-electron chi connectivity index (χ3n) is 7.45. The first-order valence-electron chi connectivity index (χ1n) is 14.4. The fourth-order valence-electron chi connectivity index (χ4n) is 5.34. The Morgan fingerprint density at radius 2 is 1.62 bits per heavy atom. The summed E-state index contributed by atoms with van der Waals surface area (Å²) < 4.78 is 11.5. The van der Waals surface area contributed by atoms with E-state index in [0.717, 1.165) is 75.3 Å². The Balaban J connectivity index is 1.16. The molecule has 2 heterocycles. The lowest BCUT2D eigenvalue weighted by Crippen LogP contribution is -2.43. The Kier molecular flexibility index (Phi) is 10.1. The van der Waals surface area contributed by atoms with E-state index in [-0.39, 0.29) is 18.0 Å². The van der Waals surface area contributed by atoms with Crippen molar-refractivity contribution in [1.29, 1.82) is 5.26 Å². The van der Waals surface area contributed by atoms with E-state index in [2.05, 4.69) is 11.0 Å². The Labute approximate surface area is 238 Å². The van der Waals surface area contributed by atoms with Crippen LogP contribution >= 0.6 is 0 Å². The van der Waals surface area contributed by atoms with Crippen LogP contribution in [0.15, 0.2) is 48.5 Å². The SMILES string of the molecule is CC(C)(C)OC(=O)N1CCC[C@H]1CC(=O)N1CCCN(CCCOc2ccc(-c3ccc(C#N)cc3)cc2)CC1. The first-order chi connectivity index (χ1) is 19.2. The second-order valence-electron chi connectivity index (χ2n) is 11.7. The van der Waals surface area contributed by atoms with Crippen molar-refractivity contribution in [1.82, 2.24) is 14.7 Å². The zero-order valence-corrected chi connectivity index (χ0v) is 24.1. The van der Waals surface area contributed by atoms with E-state index >= 15 is 0 Å². The van der Waals surface area contributed by atoms with Gasteiger partial charge in [0.25, 0.3) is 0 Å². The molecule has 2 aromatic carbocycles. The van der Waals surface area contributed by atoms with Gasteiger partial charge in [0.1, 0.15) is 11.4 Å². The van der Waals surface area contributed by atoms with Crippen LogP contribution in [0.5, 0.6) is 5.75 Å². The van der Waals surface area contributed by atoms with Gasteiger partial charge in [-0.3, -0.25) is 4.79 Å². The molecule has 2 fully saturated rings. The predicted octanol–water partition coefficient (Wildman–Crippen LogP) is 5.32. The van der Waals surface area contributed by atoms with Crippen LogP contribution in [-0.4, -0.2) is 84.2 Å². The summed E-state index contributed by atoms with van der Waals surface area (Å²) in [5.41, 5.74) is 2.28. The van der Waals surface area contributed by atoms with Crippen molar-refractivity contribution in [2.45, 2.75) is 64.5 Å². The number of carbonyl (C=O) groups is 2. The lowest BCUT2D eigenvalue weighted by Gasteiger charge is -2.30. The van der Waals surface area contributed by atoms with Crippen LogP contribution < -0.4 is 4.74 Å². The number of rotatable bonds is 8. The van der Waals surface area contributed by atoms with Gasteiger partial charge < -0.3 is 24.2 Å². The van der Waals surface area contributed by atoms with Crippen LogP contribution in [-0.2, 0) is 9.53 Å². The fraction of sp³-hybridized carbons (Fsp3) is 0.531. The molecule has 0 aromatic heterocycles. The highest BCUT2D eigenvalue weighted by Crippen LogP contribution is 2.25. The fourth-order valence-corrected chi connectivity index (χ4v) is 5.34. The summed E-state index contributed by atoms with van der Waals surface area (Å²) in [4.78, 5) is 31.8. The first kappa shape index (κ1) is 29.4. The Morgan fingerprint density at radius 3 is 2.30 bits per heavy atom. The number of carbonyl (C=O) groups excluding carboxylic acids is 2. The minimum atomic E-state index is -0.536. The van der Waals surface area contributed by atoms with Gasteiger partial charge >= 0.3 is 6.09 Å². The van der Waals surface area contributed by atoms with E-state index in [0.29, 0.717) is 25.1 Å². The van der Waals surface area contributed by atoms with Gasteiger partial charge in [-0.2, -0.15) is 5.26 Å². The summed E-state index contributed by atoms with van der Waals surface area (Å²) in [6, 6.07) is 17.7. The minimum Gasteiger partial charge on any atom is -0.494 e. The maximum Gasteiger partial charge on any atom is 0.410 e. The predicted molar refractivity (Wildman–Crippen MR) is 155 cm³/mol. The maximum atomic E-state index is 13.1. The summed E-state index contributed by atoms with van der Waals surface area (Å²) in [6.45, 7) is 11.1. The summed E-state index contributed by atoms with van der Waals surface area (Å²) in [7, 11) is 0. The molecule has 0 spiro atoms. The van der Waals surface area contributed by atoms with E-state index < -0.39 is 5.60 Å². The number of ether oxygens (including phenoxy) is 2. The minimum absolute atomic E-state index is 0.0722. The molecule has 8 nitrogen and oxygen atoms in total. The Morgan fingerprint density at radius 1 is 0.925 bits per heavy atom. The number of hydrogen-bond acceptors (Lipinski definition) is 6. The van der Waals surface area contributed by atoms with Gasteiger partial charge in [-0.05, 0) is 88.4 Å². The molecule has 0 saturated carbocycles. The molecule has 0 radical (unpaired) electrons. The van der Waals surface area contributed by atoms with Gasteiger partial charge in [0.2, 0.25) is 5.91 Å². The van der Waals surface area contributed by atoms with Gasteiger partial charge in [0.05, 0.1) is 18.2 Å². The molecule has 2 aromatic rings. The molecule has 1 atom stereocenters. The molecule has 2 amide bonds. The molecule has 2 aliphatic rings. The zero-order chi connectivity index (χ0) is 28.5. The number of likely N-dealkylation sites (tertiary alicyclic amines) is 1. The molecule has 2 aliphatic heterocycles. The van der Waals surface area contributed by atoms with Crippen molar-refractivity contribution in [3.8, 4) is 22.9 Å². The summed E-state index contributed by atoms with van der Waals surface area (Å²) >= 11 is 0. The molecule has 0 bridgehead atoms. The van der Waals surface area contributed by atoms with Crippen molar-refractivity contribution >= 4 is 12.0 Å². The average molecular weight is 547 g/mol. The van der Waals surface area contributed by atoms with Gasteiger partial charge in [-0.25, -0.2) is 4.79 Å². The third kappa shape index (κ3) is 8.46. The lowest BCUT2D eigenvalue weighted by molar-refractivity contribution is -0.132. The molecule has 0 N–H and O–H groups in total. The van der Waals surface area contributed by atoms with E-state index in [1.165, 1.54) is 0 Å². The molecule has 8 heteroatoms. The smallest absolute Gasteiger partial charge is 0.410 e. The van der Waals surface area contributed by atoms with Crippen LogP contribution in [0.1, 0.15) is 58.4 Å². The highest BCUT2D eigenvalue weighted by Gasteiger charge is 2.34. The monoisotopic (exact) mass is 546 g/mol. The van der Waals surface area contributed by atoms with Gasteiger partial charge in [0.15, 0.2) is 0 Å². The standard InChI is InChI=1S/C32H42N4O4/c1-32(2,3)40-31(38)36-19-4-7-28(36)23-30(37)35-18-5-16-34(20-21-35)17-6-22-39-29-14-12-27(13-15-29)26-10-8-25(24-33)9-11-26/h8-15,28H,4-7,16-23H2,1-3H3/t28-/m0/s1. The summed E-state index contributed by atoms with van der Waals surface area (Å²) in [5, 5.41) is 8.97. The van der Waals surface area contributed by atoms with Crippen molar-refractivity contribution in [2.24, 2.45) is 0 Å². The highest BCUT2D eigenvalue weighted by molar-refractivity contribution is 5.78. The molecule has 214 valence electrons. The van der Waals surface area contributed by atoms with Crippen molar-refractivity contribution in [3.05, 3.63) is 54.1 Å². The van der Waals surface area contributed by atoms with E-state index in [9.17, 15) is 9.59 Å². The molecule has 40 heavy (non-hydrogen) atoms. The third-order valence-corrected chi connectivity index (χ3v) is 7.45. The van der Waals surface area contributed by atoms with Crippen LogP contribution in [0.25, 0.3) is 11.1 Å². The summed E-state index contributed by atoms with van der Waals surface area (Å²) in [6.07, 6.45) is 3.69. The average Bonchev–Trinajstić information content (AvgIpc) is 3.26. The van der Waals surface area contributed by atoms with E-state index in [4.69, 9.17) is 14.7 Å². The number of hydrogen-bond donors (Lipinski definition) is 0. The molecular weight excluding hydrogens is 504 g/mol. The van der Waals surface area contributed by atoms with Crippen molar-refractivity contribution < 1.29 is 19.1 Å². The lowest BCUT2D eigenvalue weighted by atomic mass is 10.0. The number of amides is 2. The molecule has 0 unspecified atom stereocenters. The van der Waals surface area contributed by atoms with Crippen molar-refractivity contribution in [3.63, 3.8) is 0 Å². The van der Waals surface area contributed by atoms with Gasteiger partial charge in [-0.1, -0.05) is 24.3 Å². The second-order valence-corrected chi connectivity index (χ2v) is 11.7. The van der Waals surface area contributed by atoms with Gasteiger partial charge in [0, 0.05) is 45.2 Å². The molecule has 4 rings (SSSR count). The largest absolute Gasteiger partial charge is 0.494 e. The number of nitriles is 1. The topological polar surface area (TPSA) is 86.1 Å². The first-order valence-corrected chi connectivity index (χ1v) is 14.4. The van der Waals surface area contributed by atoms with Crippen LogP contribution in [0.3, 0.4) is 0 Å². The van der Waals surface area contributed by atoms with Crippen LogP contribution in [0.2, 0.25) is 0 Å². The zero-order valence-electron chi connectivity index (χ0n) is 24.1. The number of benzene rings is 2. The quantitative estimate of drug-likeness (QED) is 0.417. The van der Waals surface area contributed by atoms with E-state index in [1.54, 1.807) is 4.90 Å². The van der Waals surface area contributed by atoms with E-state index in [1.807, 2.05) is 74.2 Å². The van der Waals surface area contributed by atoms with Crippen LogP contribution in [0.4, 0.5) is 4.79 Å². The van der Waals surface area contributed by atoms with Gasteiger partial charge in [-0.15, -0.1) is 0 Å². The Hall–Kier alpha value is -3.57. The molecule has 0 aliphatic carbocycles. The maximum absolute atomic E-state index is 13.1. The summed E-state index contributed by atoms with van der Waals surface area (Å²) in [5.74, 6) is 0.979. The van der Waals surface area contributed by atoms with Crippen molar-refractivity contribution in [2.75, 3.05) is 45.9 Å². The Bertz CT molecular complexity index is 1170. The normalized spacial score (nSPS) is 18.2. The second kappa shape index (κ2) is 13.7. The molecular formula is C32H42N4O4. The molecule has 2 saturated heterocycles.